The number of unbranched alkanes of at least 4 members (excludes halogenated alkanes) is 11. The van der Waals surface area contributed by atoms with Crippen molar-refractivity contribution in [2.24, 2.45) is 5.73 Å². The first kappa shape index (κ1) is 27.3. The number of rotatable bonds is 18. The minimum Gasteiger partial charge on any atom is -0.457 e. The lowest BCUT2D eigenvalue weighted by Gasteiger charge is -2.20. The molecule has 0 amide bonds. The van der Waals surface area contributed by atoms with Crippen LogP contribution in [0.5, 0.6) is 0 Å². The Morgan fingerprint density at radius 3 is 1.96 bits per heavy atom. The van der Waals surface area contributed by atoms with Gasteiger partial charge in [-0.25, -0.2) is 4.57 Å². The average molecular weight is 422 g/mol. The van der Waals surface area contributed by atoms with Crippen LogP contribution in [-0.2, 0) is 18.6 Å². The number of carbonyl (C=O) groups excluding carboxylic acids is 1. The van der Waals surface area contributed by atoms with E-state index in [2.05, 4.69) is 11.4 Å². The van der Waals surface area contributed by atoms with E-state index in [1.807, 2.05) is 6.08 Å². The Morgan fingerprint density at radius 2 is 1.50 bits per heavy atom. The Balaban J connectivity index is 3.88. The number of phosphoric acid groups is 1. The van der Waals surface area contributed by atoms with E-state index >= 15 is 0 Å². The zero-order chi connectivity index (χ0) is 21.3. The van der Waals surface area contributed by atoms with Crippen molar-refractivity contribution in [1.82, 2.24) is 0 Å². The third kappa shape index (κ3) is 18.6. The van der Waals surface area contributed by atoms with Gasteiger partial charge in [-0.2, -0.15) is 0 Å². The molecule has 28 heavy (non-hydrogen) atoms. The maximum absolute atomic E-state index is 11.2. The number of carbonyl (C=O) groups is 1. The molecule has 0 bridgehead atoms. The molecule has 7 nitrogen and oxygen atoms in total. The van der Waals surface area contributed by atoms with Crippen LogP contribution in [0.1, 0.15) is 90.9 Å². The number of esters is 1. The molecule has 0 rings (SSSR count). The van der Waals surface area contributed by atoms with Gasteiger partial charge in [0.1, 0.15) is 6.10 Å². The highest BCUT2D eigenvalue weighted by atomic mass is 31.2. The minimum atomic E-state index is -4.60. The van der Waals surface area contributed by atoms with E-state index in [4.69, 9.17) is 20.3 Å². The molecule has 0 aromatic heterocycles. The zero-order valence-corrected chi connectivity index (χ0v) is 18.4. The molecule has 0 fully saturated rings. The number of phosphoric ester groups is 1. The van der Waals surface area contributed by atoms with Crippen molar-refractivity contribution in [2.75, 3.05) is 6.61 Å². The van der Waals surface area contributed by atoms with Gasteiger partial charge in [0, 0.05) is 6.92 Å². The fraction of sp³-hybridized carbons (Fsp3) is 0.850. The molecule has 0 saturated heterocycles. The monoisotopic (exact) mass is 421 g/mol. The molecule has 166 valence electrons. The summed E-state index contributed by atoms with van der Waals surface area (Å²) in [6.45, 7) is 3.10. The predicted octanol–water partition coefficient (Wildman–Crippen LogP) is 4.61. The topological polar surface area (TPSA) is 119 Å². The van der Waals surface area contributed by atoms with Crippen molar-refractivity contribution in [3.8, 4) is 0 Å². The largest absolute Gasteiger partial charge is 0.469 e. The number of ether oxygens (including phenoxy) is 1. The molecule has 2 atom stereocenters. The second-order valence-corrected chi connectivity index (χ2v) is 8.52. The molecule has 4 N–H and O–H groups in total. The van der Waals surface area contributed by atoms with E-state index in [1.54, 1.807) is 6.08 Å². The molecule has 0 spiro atoms. The molecule has 0 aliphatic rings. The number of nitrogens with two attached hydrogens (primary N) is 1. The maximum Gasteiger partial charge on any atom is 0.469 e. The Kier molecular flexibility index (Phi) is 16.7. The molecule has 0 radical (unpaired) electrons. The molecule has 0 saturated carbocycles. The molecule has 0 heterocycles. The summed E-state index contributed by atoms with van der Waals surface area (Å²) in [7, 11) is -4.60. The highest BCUT2D eigenvalue weighted by Crippen LogP contribution is 2.35. The van der Waals surface area contributed by atoms with E-state index in [-0.39, 0.29) is 0 Å². The maximum atomic E-state index is 11.2. The van der Waals surface area contributed by atoms with Gasteiger partial charge in [0.2, 0.25) is 0 Å². The van der Waals surface area contributed by atoms with E-state index in [1.165, 1.54) is 64.7 Å². The van der Waals surface area contributed by atoms with Gasteiger partial charge in [0.25, 0.3) is 0 Å². The number of hydrogen-bond donors (Lipinski definition) is 3. The van der Waals surface area contributed by atoms with Crippen LogP contribution in [0.2, 0.25) is 0 Å². The Bertz CT molecular complexity index is 466. The van der Waals surface area contributed by atoms with Gasteiger partial charge >= 0.3 is 13.8 Å². The Morgan fingerprint density at radius 1 is 1.00 bits per heavy atom. The van der Waals surface area contributed by atoms with Crippen molar-refractivity contribution in [3.05, 3.63) is 12.2 Å². The summed E-state index contributed by atoms with van der Waals surface area (Å²) < 4.78 is 20.2. The summed E-state index contributed by atoms with van der Waals surface area (Å²) in [5.74, 6) is -0.504. The van der Waals surface area contributed by atoms with Gasteiger partial charge in [0.15, 0.2) is 0 Å². The standard InChI is InChI=1S/C20H40NO6P/c1-3-4-5-6-7-8-9-10-11-12-13-14-15-16-20(27-18(2)22)19(21)17-26-28(23,24)25/h15-16,19-20H,3-14,17,21H2,1-2H3,(H2,23,24,25)/b16-15+. The fourth-order valence-corrected chi connectivity index (χ4v) is 3.26. The first-order valence-corrected chi connectivity index (χ1v) is 12.1. The first-order valence-electron chi connectivity index (χ1n) is 10.6. The summed E-state index contributed by atoms with van der Waals surface area (Å²) in [4.78, 5) is 28.7. The fourth-order valence-electron chi connectivity index (χ4n) is 2.90. The van der Waals surface area contributed by atoms with Crippen molar-refractivity contribution in [2.45, 2.75) is 103 Å². The average Bonchev–Trinajstić information content (AvgIpc) is 2.61. The second kappa shape index (κ2) is 17.2. The number of allylic oxidation sites excluding steroid dienone is 1. The third-order valence-corrected chi connectivity index (χ3v) is 4.94. The smallest absolute Gasteiger partial charge is 0.457 e. The molecule has 0 aromatic rings. The molecular weight excluding hydrogens is 381 g/mol. The Labute approximate surface area is 170 Å². The van der Waals surface area contributed by atoms with Crippen LogP contribution in [0, 0.1) is 0 Å². The molecule has 0 aromatic carbocycles. The van der Waals surface area contributed by atoms with E-state index in [9.17, 15) is 9.36 Å². The van der Waals surface area contributed by atoms with Gasteiger partial charge in [-0.1, -0.05) is 77.2 Å². The van der Waals surface area contributed by atoms with E-state index in [0.717, 1.165) is 19.3 Å². The summed E-state index contributed by atoms with van der Waals surface area (Å²) in [5, 5.41) is 0. The normalized spacial score (nSPS) is 14.3. The lowest BCUT2D eigenvalue weighted by Crippen LogP contribution is -2.40. The minimum absolute atomic E-state index is 0.398. The van der Waals surface area contributed by atoms with Gasteiger partial charge in [-0.15, -0.1) is 0 Å². The molecule has 2 unspecified atom stereocenters. The van der Waals surface area contributed by atoms with Crippen LogP contribution in [0.3, 0.4) is 0 Å². The van der Waals surface area contributed by atoms with Crippen molar-refractivity contribution in [1.29, 1.82) is 0 Å². The van der Waals surface area contributed by atoms with Crippen LogP contribution in [0.25, 0.3) is 0 Å². The quantitative estimate of drug-likeness (QED) is 0.128. The van der Waals surface area contributed by atoms with Crippen molar-refractivity contribution < 1.29 is 28.4 Å². The Hall–Kier alpha value is -0.720. The van der Waals surface area contributed by atoms with Crippen LogP contribution in [-0.4, -0.2) is 34.5 Å². The molecular formula is C20H40NO6P. The van der Waals surface area contributed by atoms with Crippen molar-refractivity contribution in [3.63, 3.8) is 0 Å². The van der Waals surface area contributed by atoms with Gasteiger partial charge in [-0.05, 0) is 18.9 Å². The molecule has 0 aliphatic heterocycles. The van der Waals surface area contributed by atoms with E-state index < -0.39 is 32.5 Å². The van der Waals surface area contributed by atoms with Gasteiger partial charge in [0.05, 0.1) is 12.6 Å². The third-order valence-electron chi connectivity index (χ3n) is 4.46. The predicted molar refractivity (Wildman–Crippen MR) is 112 cm³/mol. The molecule has 8 heteroatoms. The van der Waals surface area contributed by atoms with Crippen LogP contribution in [0.4, 0.5) is 0 Å². The highest BCUT2D eigenvalue weighted by molar-refractivity contribution is 7.46. The summed E-state index contributed by atoms with van der Waals surface area (Å²) in [6.07, 6.45) is 17.7. The highest BCUT2D eigenvalue weighted by Gasteiger charge is 2.22. The summed E-state index contributed by atoms with van der Waals surface area (Å²) in [6, 6.07) is -0.842. The van der Waals surface area contributed by atoms with Crippen molar-refractivity contribution >= 4 is 13.8 Å². The summed E-state index contributed by atoms with van der Waals surface area (Å²) in [5.41, 5.74) is 5.82. The van der Waals surface area contributed by atoms with E-state index in [0.29, 0.717) is 0 Å². The van der Waals surface area contributed by atoms with Crippen LogP contribution >= 0.6 is 7.82 Å². The van der Waals surface area contributed by atoms with Crippen LogP contribution in [0.15, 0.2) is 12.2 Å². The SMILES string of the molecule is CCCCCCCCCCCCC/C=C/C(OC(C)=O)C(N)COP(=O)(O)O. The number of hydrogen-bond acceptors (Lipinski definition) is 5. The van der Waals surface area contributed by atoms with Crippen LogP contribution < -0.4 is 5.73 Å². The lowest BCUT2D eigenvalue weighted by molar-refractivity contribution is -0.145. The van der Waals surface area contributed by atoms with Gasteiger partial charge in [-0.3, -0.25) is 9.32 Å². The first-order chi connectivity index (χ1) is 13.3. The summed E-state index contributed by atoms with van der Waals surface area (Å²) >= 11 is 0. The van der Waals surface area contributed by atoms with Gasteiger partial charge < -0.3 is 20.3 Å². The molecule has 0 aliphatic carbocycles. The lowest BCUT2D eigenvalue weighted by atomic mass is 10.0. The zero-order valence-electron chi connectivity index (χ0n) is 17.6. The second-order valence-electron chi connectivity index (χ2n) is 7.28.